The van der Waals surface area contributed by atoms with Gasteiger partial charge in [-0.25, -0.2) is 0 Å². The topological polar surface area (TPSA) is 67.4 Å². The van der Waals surface area contributed by atoms with Gasteiger partial charge in [0.2, 0.25) is 5.88 Å². The zero-order valence-corrected chi connectivity index (χ0v) is 11.3. The van der Waals surface area contributed by atoms with Crippen LogP contribution in [0.1, 0.15) is 51.0 Å². The minimum atomic E-state index is -0.433. The van der Waals surface area contributed by atoms with Crippen LogP contribution in [0.25, 0.3) is 0 Å². The van der Waals surface area contributed by atoms with E-state index >= 15 is 0 Å². The summed E-state index contributed by atoms with van der Waals surface area (Å²) in [5.41, 5.74) is 0.341. The van der Waals surface area contributed by atoms with Crippen molar-refractivity contribution in [2.45, 2.75) is 45.1 Å². The fourth-order valence-electron chi connectivity index (χ4n) is 2.42. The minimum Gasteiger partial charge on any atom is -0.492 e. The van der Waals surface area contributed by atoms with Crippen molar-refractivity contribution in [1.29, 1.82) is 0 Å². The first-order valence-corrected chi connectivity index (χ1v) is 6.60. The van der Waals surface area contributed by atoms with Crippen molar-refractivity contribution in [2.24, 2.45) is 0 Å². The van der Waals surface area contributed by atoms with Crippen LogP contribution in [-0.2, 0) is 15.1 Å². The van der Waals surface area contributed by atoms with Crippen LogP contribution in [-0.4, -0.2) is 34.9 Å². The number of hydrogen-bond acceptors (Lipinski definition) is 4. The molecule has 1 aliphatic heterocycles. The van der Waals surface area contributed by atoms with Gasteiger partial charge in [0.25, 0.3) is 0 Å². The Hall–Kier alpha value is -1.07. The molecule has 0 spiro atoms. The Morgan fingerprint density at radius 3 is 2.61 bits per heavy atom. The van der Waals surface area contributed by atoms with Crippen LogP contribution in [0, 0.1) is 0 Å². The Morgan fingerprint density at radius 1 is 1.44 bits per heavy atom. The number of nitrogens with zero attached hydrogens (tertiary/aromatic N) is 1. The maximum Gasteiger partial charge on any atom is 0.232 e. The zero-order valence-electron chi connectivity index (χ0n) is 11.3. The van der Waals surface area contributed by atoms with E-state index in [1.165, 1.54) is 0 Å². The van der Waals surface area contributed by atoms with Crippen molar-refractivity contribution >= 4 is 0 Å². The predicted octanol–water partition coefficient (Wildman–Crippen LogP) is 2.28. The van der Waals surface area contributed by atoms with E-state index in [9.17, 15) is 5.11 Å². The molecule has 2 heterocycles. The molecule has 5 nitrogen and oxygen atoms in total. The highest BCUT2D eigenvalue weighted by molar-refractivity contribution is 5.25. The lowest BCUT2D eigenvalue weighted by Crippen LogP contribution is -2.37. The summed E-state index contributed by atoms with van der Waals surface area (Å²) in [6.45, 7) is 7.97. The zero-order chi connectivity index (χ0) is 13.2. The number of hydrogen-bond donors (Lipinski definition) is 2. The number of aromatic nitrogens is 2. The molecule has 1 fully saturated rings. The molecule has 0 atom stereocenters. The number of aromatic amines is 1. The first-order chi connectivity index (χ1) is 8.59. The number of ether oxygens (including phenoxy) is 2. The molecule has 102 valence electrons. The van der Waals surface area contributed by atoms with Crippen molar-refractivity contribution in [2.75, 3.05) is 19.8 Å². The molecule has 5 heteroatoms. The summed E-state index contributed by atoms with van der Waals surface area (Å²) in [5, 5.41) is 9.89. The highest BCUT2D eigenvalue weighted by Gasteiger charge is 2.39. The molecule has 0 saturated carbocycles. The molecule has 0 radical (unpaired) electrons. The summed E-state index contributed by atoms with van der Waals surface area (Å²) in [4.78, 5) is 7.50. The average Bonchev–Trinajstić information content (AvgIpc) is 2.74. The van der Waals surface area contributed by atoms with Gasteiger partial charge in [-0.2, -0.15) is 4.98 Å². The van der Waals surface area contributed by atoms with Crippen molar-refractivity contribution in [3.63, 3.8) is 0 Å². The number of rotatable bonds is 4. The SMILES string of the molecule is CCOC1(c2nc(O)c(C(C)C)[nH]2)CCOCC1. The van der Waals surface area contributed by atoms with Gasteiger partial charge in [0.05, 0.1) is 5.69 Å². The second-order valence-electron chi connectivity index (χ2n) is 5.02. The minimum absolute atomic E-state index is 0.0885. The third-order valence-electron chi connectivity index (χ3n) is 3.44. The van der Waals surface area contributed by atoms with Crippen molar-refractivity contribution in [3.05, 3.63) is 11.5 Å². The molecule has 1 aromatic heterocycles. The van der Waals surface area contributed by atoms with Gasteiger partial charge < -0.3 is 19.6 Å². The maximum absolute atomic E-state index is 9.89. The van der Waals surface area contributed by atoms with Crippen LogP contribution in [0.2, 0.25) is 0 Å². The smallest absolute Gasteiger partial charge is 0.232 e. The van der Waals surface area contributed by atoms with E-state index in [4.69, 9.17) is 9.47 Å². The van der Waals surface area contributed by atoms with Crippen LogP contribution in [0.5, 0.6) is 5.88 Å². The number of aromatic hydroxyl groups is 1. The Morgan fingerprint density at radius 2 is 2.11 bits per heavy atom. The Kier molecular flexibility index (Phi) is 3.92. The molecule has 18 heavy (non-hydrogen) atoms. The number of imidazole rings is 1. The van der Waals surface area contributed by atoms with Crippen LogP contribution in [0.4, 0.5) is 0 Å². The molecule has 1 saturated heterocycles. The van der Waals surface area contributed by atoms with Crippen LogP contribution in [0.3, 0.4) is 0 Å². The van der Waals surface area contributed by atoms with Crippen LogP contribution < -0.4 is 0 Å². The fourth-order valence-corrected chi connectivity index (χ4v) is 2.42. The number of H-pyrrole nitrogens is 1. The summed E-state index contributed by atoms with van der Waals surface area (Å²) in [6, 6.07) is 0. The standard InChI is InChI=1S/C13H22N2O3/c1-4-18-13(5-7-17-8-6-13)12-14-10(9(2)3)11(16)15-12/h9,16H,4-8H2,1-3H3,(H,14,15). The van der Waals surface area contributed by atoms with Gasteiger partial charge in [-0.05, 0) is 12.8 Å². The molecule has 1 aromatic rings. The van der Waals surface area contributed by atoms with Gasteiger partial charge in [0, 0.05) is 32.7 Å². The van der Waals surface area contributed by atoms with Crippen molar-refractivity contribution in [1.82, 2.24) is 9.97 Å². The lowest BCUT2D eigenvalue weighted by Gasteiger charge is -2.35. The monoisotopic (exact) mass is 254 g/mol. The van der Waals surface area contributed by atoms with Gasteiger partial charge >= 0.3 is 0 Å². The first kappa shape index (κ1) is 13.4. The Bertz CT molecular complexity index is 389. The average molecular weight is 254 g/mol. The van der Waals surface area contributed by atoms with E-state index in [1.54, 1.807) is 0 Å². The lowest BCUT2D eigenvalue weighted by molar-refractivity contribution is -0.117. The Labute approximate surface area is 108 Å². The molecule has 0 bridgehead atoms. The van der Waals surface area contributed by atoms with E-state index in [2.05, 4.69) is 9.97 Å². The van der Waals surface area contributed by atoms with Gasteiger partial charge in [-0.15, -0.1) is 0 Å². The summed E-state index contributed by atoms with van der Waals surface area (Å²) in [7, 11) is 0. The van der Waals surface area contributed by atoms with Crippen molar-refractivity contribution in [3.8, 4) is 5.88 Å². The van der Waals surface area contributed by atoms with E-state index in [0.717, 1.165) is 24.4 Å². The quantitative estimate of drug-likeness (QED) is 0.865. The van der Waals surface area contributed by atoms with E-state index < -0.39 is 5.60 Å². The van der Waals surface area contributed by atoms with Gasteiger partial charge in [0.15, 0.2) is 0 Å². The van der Waals surface area contributed by atoms with E-state index in [0.29, 0.717) is 19.8 Å². The summed E-state index contributed by atoms with van der Waals surface area (Å²) >= 11 is 0. The summed E-state index contributed by atoms with van der Waals surface area (Å²) in [5.74, 6) is 1.03. The van der Waals surface area contributed by atoms with Gasteiger partial charge in [0.1, 0.15) is 11.4 Å². The van der Waals surface area contributed by atoms with Gasteiger partial charge in [-0.1, -0.05) is 13.8 Å². The van der Waals surface area contributed by atoms with E-state index in [-0.39, 0.29) is 11.8 Å². The third kappa shape index (κ3) is 2.37. The molecular formula is C13H22N2O3. The highest BCUT2D eigenvalue weighted by Crippen LogP contribution is 2.37. The molecule has 2 rings (SSSR count). The third-order valence-corrected chi connectivity index (χ3v) is 3.44. The molecular weight excluding hydrogens is 232 g/mol. The second-order valence-corrected chi connectivity index (χ2v) is 5.02. The molecule has 0 aliphatic carbocycles. The number of nitrogens with one attached hydrogen (secondary N) is 1. The fraction of sp³-hybridized carbons (Fsp3) is 0.769. The largest absolute Gasteiger partial charge is 0.492 e. The van der Waals surface area contributed by atoms with Crippen LogP contribution >= 0.6 is 0 Å². The highest BCUT2D eigenvalue weighted by atomic mass is 16.5. The van der Waals surface area contributed by atoms with E-state index in [1.807, 2.05) is 20.8 Å². The van der Waals surface area contributed by atoms with Gasteiger partial charge in [-0.3, -0.25) is 0 Å². The lowest BCUT2D eigenvalue weighted by atomic mass is 9.93. The maximum atomic E-state index is 9.89. The molecule has 0 unspecified atom stereocenters. The van der Waals surface area contributed by atoms with Crippen LogP contribution in [0.15, 0.2) is 0 Å². The molecule has 0 amide bonds. The molecule has 2 N–H and O–H groups in total. The van der Waals surface area contributed by atoms with Crippen molar-refractivity contribution < 1.29 is 14.6 Å². The summed E-state index contributed by atoms with van der Waals surface area (Å²) in [6.07, 6.45) is 1.54. The second kappa shape index (κ2) is 5.28. The predicted molar refractivity (Wildman–Crippen MR) is 67.7 cm³/mol. The first-order valence-electron chi connectivity index (χ1n) is 6.60. The molecule has 0 aromatic carbocycles. The summed E-state index contributed by atoms with van der Waals surface area (Å²) < 4.78 is 11.3. The Balaban J connectivity index is 2.33. The normalized spacial score (nSPS) is 19.3. The molecule has 1 aliphatic rings.